The van der Waals surface area contributed by atoms with E-state index in [-0.39, 0.29) is 18.4 Å². The molecule has 0 aromatic carbocycles. The number of hydrogen-bond acceptors (Lipinski definition) is 3. The molecule has 1 aliphatic heterocycles. The van der Waals surface area contributed by atoms with E-state index in [4.69, 9.17) is 0 Å². The SMILES string of the molecule is COC(=O)CCN1CCN(C)C1=O. The van der Waals surface area contributed by atoms with Crippen molar-refractivity contribution in [1.29, 1.82) is 0 Å². The third kappa shape index (κ3) is 2.34. The lowest BCUT2D eigenvalue weighted by Gasteiger charge is -2.14. The summed E-state index contributed by atoms with van der Waals surface area (Å²) >= 11 is 0. The minimum Gasteiger partial charge on any atom is -0.469 e. The third-order valence-electron chi connectivity index (χ3n) is 2.12. The van der Waals surface area contributed by atoms with Crippen LogP contribution in [0.15, 0.2) is 0 Å². The summed E-state index contributed by atoms with van der Waals surface area (Å²) in [4.78, 5) is 25.4. The molecule has 0 spiro atoms. The molecule has 1 aliphatic rings. The second-order valence-corrected chi connectivity index (χ2v) is 3.02. The van der Waals surface area contributed by atoms with Gasteiger partial charge in [-0.05, 0) is 0 Å². The number of hydrogen-bond donors (Lipinski definition) is 0. The van der Waals surface area contributed by atoms with Crippen LogP contribution >= 0.6 is 0 Å². The van der Waals surface area contributed by atoms with E-state index in [2.05, 4.69) is 4.74 Å². The Kier molecular flexibility index (Phi) is 3.11. The summed E-state index contributed by atoms with van der Waals surface area (Å²) in [5, 5.41) is 0. The van der Waals surface area contributed by atoms with Gasteiger partial charge >= 0.3 is 12.0 Å². The van der Waals surface area contributed by atoms with E-state index in [1.54, 1.807) is 16.8 Å². The molecular weight excluding hydrogens is 172 g/mol. The van der Waals surface area contributed by atoms with Gasteiger partial charge in [-0.3, -0.25) is 4.79 Å². The lowest BCUT2D eigenvalue weighted by molar-refractivity contribution is -0.140. The average molecular weight is 186 g/mol. The average Bonchev–Trinajstić information content (AvgIpc) is 2.44. The molecule has 1 fully saturated rings. The van der Waals surface area contributed by atoms with Gasteiger partial charge in [-0.15, -0.1) is 0 Å². The van der Waals surface area contributed by atoms with E-state index in [1.165, 1.54) is 7.11 Å². The van der Waals surface area contributed by atoms with Crippen molar-refractivity contribution in [2.75, 3.05) is 33.8 Å². The zero-order valence-electron chi connectivity index (χ0n) is 7.95. The predicted octanol–water partition coefficient (Wildman–Crippen LogP) is -0.0831. The molecule has 74 valence electrons. The van der Waals surface area contributed by atoms with Crippen LogP contribution < -0.4 is 0 Å². The first-order valence-electron chi connectivity index (χ1n) is 4.22. The van der Waals surface area contributed by atoms with Crippen molar-refractivity contribution >= 4 is 12.0 Å². The van der Waals surface area contributed by atoms with Gasteiger partial charge in [0.15, 0.2) is 0 Å². The van der Waals surface area contributed by atoms with Crippen molar-refractivity contribution in [2.45, 2.75) is 6.42 Å². The van der Waals surface area contributed by atoms with E-state index >= 15 is 0 Å². The molecule has 0 atom stereocenters. The van der Waals surface area contributed by atoms with Crippen molar-refractivity contribution in [2.24, 2.45) is 0 Å². The number of carbonyl (C=O) groups excluding carboxylic acids is 2. The summed E-state index contributed by atoms with van der Waals surface area (Å²) in [5.41, 5.74) is 0. The quantitative estimate of drug-likeness (QED) is 0.579. The first kappa shape index (κ1) is 9.83. The van der Waals surface area contributed by atoms with E-state index in [9.17, 15) is 9.59 Å². The molecule has 0 aromatic heterocycles. The van der Waals surface area contributed by atoms with E-state index in [1.807, 2.05) is 0 Å². The van der Waals surface area contributed by atoms with E-state index in [0.29, 0.717) is 13.1 Å². The van der Waals surface area contributed by atoms with E-state index < -0.39 is 0 Å². The topological polar surface area (TPSA) is 49.9 Å². The van der Waals surface area contributed by atoms with Crippen molar-refractivity contribution in [3.63, 3.8) is 0 Å². The highest BCUT2D eigenvalue weighted by atomic mass is 16.5. The van der Waals surface area contributed by atoms with Crippen molar-refractivity contribution in [3.05, 3.63) is 0 Å². The normalized spacial score (nSPS) is 16.6. The number of carbonyl (C=O) groups is 2. The summed E-state index contributed by atoms with van der Waals surface area (Å²) in [5.74, 6) is -0.276. The maximum absolute atomic E-state index is 11.3. The van der Waals surface area contributed by atoms with Crippen LogP contribution in [-0.2, 0) is 9.53 Å². The number of urea groups is 1. The molecule has 13 heavy (non-hydrogen) atoms. The second-order valence-electron chi connectivity index (χ2n) is 3.02. The van der Waals surface area contributed by atoms with Gasteiger partial charge in [0.2, 0.25) is 0 Å². The summed E-state index contributed by atoms with van der Waals surface area (Å²) in [6.45, 7) is 1.89. The van der Waals surface area contributed by atoms with Crippen molar-refractivity contribution < 1.29 is 14.3 Å². The summed E-state index contributed by atoms with van der Waals surface area (Å²) in [6, 6.07) is -0.0103. The van der Waals surface area contributed by atoms with Gasteiger partial charge in [0.25, 0.3) is 0 Å². The van der Waals surface area contributed by atoms with E-state index in [0.717, 1.165) is 6.54 Å². The number of rotatable bonds is 3. The molecule has 0 aromatic rings. The summed E-state index contributed by atoms with van der Waals surface area (Å²) < 4.78 is 4.48. The third-order valence-corrected chi connectivity index (χ3v) is 2.12. The molecule has 5 nitrogen and oxygen atoms in total. The standard InChI is InChI=1S/C8H14N2O3/c1-9-5-6-10(8(9)12)4-3-7(11)13-2/h3-6H2,1-2H3. The Balaban J connectivity index is 2.30. The van der Waals surface area contributed by atoms with Crippen LogP contribution in [0.1, 0.15) is 6.42 Å². The first-order chi connectivity index (χ1) is 6.15. The summed E-state index contributed by atoms with van der Waals surface area (Å²) in [7, 11) is 3.10. The van der Waals surface area contributed by atoms with Gasteiger partial charge in [-0.25, -0.2) is 4.79 Å². The van der Waals surface area contributed by atoms with Gasteiger partial charge in [0.05, 0.1) is 13.5 Å². The first-order valence-corrected chi connectivity index (χ1v) is 4.22. The Hall–Kier alpha value is -1.26. The number of amides is 2. The maximum Gasteiger partial charge on any atom is 0.319 e. The fourth-order valence-corrected chi connectivity index (χ4v) is 1.24. The molecule has 1 heterocycles. The summed E-state index contributed by atoms with van der Waals surface area (Å²) in [6.07, 6.45) is 0.274. The molecule has 0 N–H and O–H groups in total. The fourth-order valence-electron chi connectivity index (χ4n) is 1.24. The lowest BCUT2D eigenvalue weighted by atomic mass is 10.4. The highest BCUT2D eigenvalue weighted by molar-refractivity contribution is 5.77. The highest BCUT2D eigenvalue weighted by Gasteiger charge is 2.25. The molecular formula is C8H14N2O3. The number of methoxy groups -OCH3 is 1. The molecule has 1 rings (SSSR count). The number of ether oxygens (including phenoxy) is 1. The molecule has 2 amide bonds. The molecule has 0 saturated carbocycles. The van der Waals surface area contributed by atoms with Gasteiger partial charge < -0.3 is 14.5 Å². The Morgan fingerprint density at radius 3 is 2.69 bits per heavy atom. The van der Waals surface area contributed by atoms with Crippen LogP contribution in [0.4, 0.5) is 4.79 Å². The van der Waals surface area contributed by atoms with Crippen LogP contribution in [0.5, 0.6) is 0 Å². The van der Waals surface area contributed by atoms with Gasteiger partial charge in [-0.2, -0.15) is 0 Å². The van der Waals surface area contributed by atoms with Crippen molar-refractivity contribution in [3.8, 4) is 0 Å². The molecule has 0 radical (unpaired) electrons. The smallest absolute Gasteiger partial charge is 0.319 e. The van der Waals surface area contributed by atoms with Crippen LogP contribution in [-0.4, -0.2) is 55.6 Å². The van der Waals surface area contributed by atoms with Crippen LogP contribution in [0, 0.1) is 0 Å². The molecule has 0 bridgehead atoms. The fraction of sp³-hybridized carbons (Fsp3) is 0.750. The number of nitrogens with zero attached hydrogens (tertiary/aromatic N) is 2. The monoisotopic (exact) mass is 186 g/mol. The Bertz CT molecular complexity index is 217. The molecule has 5 heteroatoms. The Morgan fingerprint density at radius 1 is 1.54 bits per heavy atom. The lowest BCUT2D eigenvalue weighted by Crippen LogP contribution is -2.31. The van der Waals surface area contributed by atoms with Crippen molar-refractivity contribution in [1.82, 2.24) is 9.80 Å². The van der Waals surface area contributed by atoms with Crippen LogP contribution in [0.3, 0.4) is 0 Å². The molecule has 0 aliphatic carbocycles. The Morgan fingerprint density at radius 2 is 2.23 bits per heavy atom. The zero-order valence-corrected chi connectivity index (χ0v) is 7.95. The molecule has 1 saturated heterocycles. The van der Waals surface area contributed by atoms with Gasteiger partial charge in [-0.1, -0.05) is 0 Å². The minimum atomic E-state index is -0.276. The largest absolute Gasteiger partial charge is 0.469 e. The predicted molar refractivity (Wildman–Crippen MR) is 46.2 cm³/mol. The maximum atomic E-state index is 11.3. The zero-order chi connectivity index (χ0) is 9.84. The highest BCUT2D eigenvalue weighted by Crippen LogP contribution is 2.06. The Labute approximate surface area is 77.2 Å². The number of likely N-dealkylation sites (N-methyl/N-ethyl adjacent to an activating group) is 1. The minimum absolute atomic E-state index is 0.0103. The second kappa shape index (κ2) is 4.11. The van der Waals surface area contributed by atoms with Gasteiger partial charge in [0, 0.05) is 26.7 Å². The molecule has 0 unspecified atom stereocenters. The number of esters is 1. The van der Waals surface area contributed by atoms with Crippen LogP contribution in [0.2, 0.25) is 0 Å². The van der Waals surface area contributed by atoms with Gasteiger partial charge in [0.1, 0.15) is 0 Å². The van der Waals surface area contributed by atoms with Crippen LogP contribution in [0.25, 0.3) is 0 Å².